The summed E-state index contributed by atoms with van der Waals surface area (Å²) in [6, 6.07) is 10.3. The number of nitrogens with zero attached hydrogens (tertiary/aromatic N) is 6. The number of carbonyl (C=O) groups excluding carboxylic acids is 1. The Morgan fingerprint density at radius 1 is 1.21 bits per heavy atom. The van der Waals surface area contributed by atoms with Crippen LogP contribution < -0.4 is 9.64 Å². The van der Waals surface area contributed by atoms with E-state index in [0.29, 0.717) is 54.9 Å². The maximum atomic E-state index is 14.0. The van der Waals surface area contributed by atoms with Crippen LogP contribution in [0, 0.1) is 12.5 Å². The van der Waals surface area contributed by atoms with Crippen molar-refractivity contribution in [3.8, 4) is 17.1 Å². The summed E-state index contributed by atoms with van der Waals surface area (Å²) in [6.45, 7) is 13.3. The van der Waals surface area contributed by atoms with E-state index in [1.807, 2.05) is 24.1 Å². The van der Waals surface area contributed by atoms with Gasteiger partial charge < -0.3 is 19.4 Å². The van der Waals surface area contributed by atoms with Gasteiger partial charge in [-0.25, -0.2) is 11.0 Å². The zero-order valence-corrected chi connectivity index (χ0v) is 24.9. The predicted molar refractivity (Wildman–Crippen MR) is 165 cm³/mol. The van der Waals surface area contributed by atoms with E-state index in [-0.39, 0.29) is 37.2 Å². The Balaban J connectivity index is 1.29. The second-order valence-corrected chi connectivity index (χ2v) is 12.7. The van der Waals surface area contributed by atoms with E-state index in [4.69, 9.17) is 32.9 Å². The van der Waals surface area contributed by atoms with Crippen LogP contribution in [0.5, 0.6) is 6.01 Å². The smallest absolute Gasteiger partial charge is 0.319 e. The first-order valence-corrected chi connectivity index (χ1v) is 15.3. The van der Waals surface area contributed by atoms with Crippen LogP contribution in [-0.2, 0) is 11.2 Å². The number of amides is 1. The Morgan fingerprint density at radius 2 is 2.07 bits per heavy atom. The fourth-order valence-electron chi connectivity index (χ4n) is 7.29. The number of piperazine rings is 1. The lowest BCUT2D eigenvalue weighted by Gasteiger charge is -2.39. The highest BCUT2D eigenvalue weighted by Gasteiger charge is 2.46. The van der Waals surface area contributed by atoms with Crippen molar-refractivity contribution in [2.45, 2.75) is 43.4 Å². The Morgan fingerprint density at radius 3 is 2.84 bits per heavy atom. The van der Waals surface area contributed by atoms with Crippen molar-refractivity contribution in [3.05, 3.63) is 70.6 Å². The number of fused-ring (bicyclic) bond motifs is 4. The minimum absolute atomic E-state index is 0.0616. The molecule has 0 N–H and O–H groups in total. The maximum absolute atomic E-state index is 14.0. The van der Waals surface area contributed by atoms with Gasteiger partial charge in [0.1, 0.15) is 24.6 Å². The van der Waals surface area contributed by atoms with Crippen molar-refractivity contribution >= 4 is 34.2 Å². The van der Waals surface area contributed by atoms with Gasteiger partial charge in [-0.2, -0.15) is 9.97 Å². The lowest BCUT2D eigenvalue weighted by atomic mass is 9.93. The molecule has 1 saturated carbocycles. The number of hydrogen-bond acceptors (Lipinski definition) is 6. The number of ether oxygens (including phenoxy) is 1. The van der Waals surface area contributed by atoms with Gasteiger partial charge in [0.05, 0.1) is 5.52 Å². The molecule has 8 nitrogen and oxygen atoms in total. The van der Waals surface area contributed by atoms with E-state index < -0.39 is 6.17 Å². The standard InChI is InChI=1S/C33H34ClFN6O2/c1-4-30(42)41-9-8-40(17-23(41)15-36-2)32-27-13-28(34)26(24-7-5-6-19-10-20-11-25(20)31(19)24)14-29(27)37-33(38-32)43-18-22-12-21(35)16-39(22)3/h4-7,13-14,20-23,25H,1,8-12,15-18H2,3H3/t20?,21-,22+,23+,25?/m1/s1. The van der Waals surface area contributed by atoms with Crippen molar-refractivity contribution in [1.29, 1.82) is 0 Å². The third-order valence-corrected chi connectivity index (χ3v) is 9.90. The third kappa shape index (κ3) is 5.11. The monoisotopic (exact) mass is 600 g/mol. The lowest BCUT2D eigenvalue weighted by Crippen LogP contribution is -2.56. The predicted octanol–water partition coefficient (Wildman–Crippen LogP) is 5.15. The number of likely N-dealkylation sites (tertiary alicyclic amines) is 1. The number of aromatic nitrogens is 2. The zero-order valence-electron chi connectivity index (χ0n) is 24.2. The second-order valence-electron chi connectivity index (χ2n) is 12.3. The molecule has 0 spiro atoms. The number of anilines is 1. The molecule has 0 radical (unpaired) electrons. The Kier molecular flexibility index (Phi) is 7.22. The van der Waals surface area contributed by atoms with Gasteiger partial charge in [0, 0.05) is 48.2 Å². The molecule has 1 aromatic heterocycles. The summed E-state index contributed by atoms with van der Waals surface area (Å²) in [5, 5.41) is 1.41. The van der Waals surface area contributed by atoms with Crippen LogP contribution in [0.4, 0.5) is 10.2 Å². The number of hydrogen-bond donors (Lipinski definition) is 0. The first-order chi connectivity index (χ1) is 20.8. The molecule has 43 heavy (non-hydrogen) atoms. The lowest BCUT2D eigenvalue weighted by molar-refractivity contribution is -0.128. The molecule has 2 unspecified atom stereocenters. The van der Waals surface area contributed by atoms with Crippen molar-refractivity contribution in [2.75, 3.05) is 51.3 Å². The van der Waals surface area contributed by atoms with Gasteiger partial charge >= 0.3 is 6.01 Å². The van der Waals surface area contributed by atoms with Gasteiger partial charge in [-0.15, -0.1) is 0 Å². The molecule has 7 rings (SSSR count). The van der Waals surface area contributed by atoms with Crippen molar-refractivity contribution < 1.29 is 13.9 Å². The number of halogens is 2. The van der Waals surface area contributed by atoms with Crippen LogP contribution in [0.3, 0.4) is 0 Å². The molecule has 2 aromatic carbocycles. The van der Waals surface area contributed by atoms with Crippen LogP contribution >= 0.6 is 11.6 Å². The minimum Gasteiger partial charge on any atom is -0.462 e. The molecule has 4 aliphatic rings. The van der Waals surface area contributed by atoms with Crippen LogP contribution in [-0.4, -0.2) is 90.3 Å². The van der Waals surface area contributed by atoms with E-state index in [1.165, 1.54) is 23.6 Å². The molecule has 2 saturated heterocycles. The van der Waals surface area contributed by atoms with Gasteiger partial charge in [-0.1, -0.05) is 36.4 Å². The highest BCUT2D eigenvalue weighted by molar-refractivity contribution is 6.34. The number of carbonyl (C=O) groups is 1. The fraction of sp³-hybridized carbons (Fsp3) is 0.455. The zero-order chi connectivity index (χ0) is 29.8. The summed E-state index contributed by atoms with van der Waals surface area (Å²) >= 11 is 7.04. The number of benzene rings is 2. The van der Waals surface area contributed by atoms with Gasteiger partial charge in [0.25, 0.3) is 0 Å². The molecule has 3 fully saturated rings. The van der Waals surface area contributed by atoms with Gasteiger partial charge in [0.2, 0.25) is 12.5 Å². The number of alkyl halides is 1. The summed E-state index contributed by atoms with van der Waals surface area (Å²) in [7, 11) is 1.90. The quantitative estimate of drug-likeness (QED) is 0.276. The van der Waals surface area contributed by atoms with Crippen LogP contribution in [0.1, 0.15) is 29.9 Å². The van der Waals surface area contributed by atoms with Gasteiger partial charge in [0.15, 0.2) is 0 Å². The van der Waals surface area contributed by atoms with Crippen LogP contribution in [0.2, 0.25) is 5.02 Å². The molecule has 3 aromatic rings. The van der Waals surface area contributed by atoms with E-state index in [2.05, 4.69) is 34.5 Å². The van der Waals surface area contributed by atoms with Gasteiger partial charge in [-0.3, -0.25) is 9.69 Å². The Hall–Kier alpha value is -3.74. The second kappa shape index (κ2) is 11.1. The summed E-state index contributed by atoms with van der Waals surface area (Å²) < 4.78 is 20.2. The molecule has 10 heteroatoms. The summed E-state index contributed by atoms with van der Waals surface area (Å²) in [6.07, 6.45) is 3.21. The minimum atomic E-state index is -0.871. The maximum Gasteiger partial charge on any atom is 0.319 e. The molecule has 222 valence electrons. The Labute approximate surface area is 255 Å². The molecule has 3 heterocycles. The van der Waals surface area contributed by atoms with E-state index in [9.17, 15) is 9.18 Å². The Bertz CT molecular complexity index is 1660. The van der Waals surface area contributed by atoms with E-state index >= 15 is 0 Å². The normalized spacial score (nSPS) is 26.2. The topological polar surface area (TPSA) is 66.2 Å². The van der Waals surface area contributed by atoms with Crippen molar-refractivity contribution in [2.24, 2.45) is 5.92 Å². The van der Waals surface area contributed by atoms with Crippen LogP contribution in [0.25, 0.3) is 26.9 Å². The molecule has 2 aliphatic heterocycles. The largest absolute Gasteiger partial charge is 0.462 e. The SMILES string of the molecule is [C-]#[N+]C[C@H]1CN(c2nc(OC[C@@H]3C[C@@H](F)CN3C)nc3cc(-c4cccc5c4C4CC4C5)c(Cl)cc23)CCN1C(=O)C=C. The fourth-order valence-corrected chi connectivity index (χ4v) is 7.56. The molecule has 5 atom stereocenters. The molecular weight excluding hydrogens is 567 g/mol. The molecule has 1 amide bonds. The summed E-state index contributed by atoms with van der Waals surface area (Å²) in [5.74, 6) is 1.82. The third-order valence-electron chi connectivity index (χ3n) is 9.59. The molecular formula is C33H34ClFN6O2. The number of likely N-dealkylation sites (N-methyl/N-ethyl adjacent to an activating group) is 1. The van der Waals surface area contributed by atoms with E-state index in [1.54, 1.807) is 4.90 Å². The highest BCUT2D eigenvalue weighted by atomic mass is 35.5. The van der Waals surface area contributed by atoms with Crippen LogP contribution in [0.15, 0.2) is 43.0 Å². The summed E-state index contributed by atoms with van der Waals surface area (Å²) in [5.41, 5.74) is 5.63. The first kappa shape index (κ1) is 28.1. The molecule has 2 aliphatic carbocycles. The average molecular weight is 601 g/mol. The molecule has 0 bridgehead atoms. The van der Waals surface area contributed by atoms with Crippen molar-refractivity contribution in [3.63, 3.8) is 0 Å². The average Bonchev–Trinajstić information content (AvgIpc) is 3.54. The summed E-state index contributed by atoms with van der Waals surface area (Å²) in [4.78, 5) is 31.6. The number of rotatable bonds is 7. The van der Waals surface area contributed by atoms with Gasteiger partial charge in [-0.05, 0) is 73.0 Å². The first-order valence-electron chi connectivity index (χ1n) is 15.0. The highest BCUT2D eigenvalue weighted by Crippen LogP contribution is 2.59. The van der Waals surface area contributed by atoms with Crippen molar-refractivity contribution in [1.82, 2.24) is 19.8 Å². The van der Waals surface area contributed by atoms with E-state index in [0.717, 1.165) is 28.9 Å².